The monoisotopic (exact) mass is 314 g/mol. The van der Waals surface area contributed by atoms with Crippen molar-refractivity contribution in [1.29, 1.82) is 0 Å². The lowest BCUT2D eigenvalue weighted by atomic mass is 9.62. The normalized spacial score (nSPS) is 25.7. The third kappa shape index (κ3) is 2.12. The molecule has 0 spiro atoms. The molecular formula is C19H22O4. The van der Waals surface area contributed by atoms with Crippen LogP contribution < -0.4 is 0 Å². The summed E-state index contributed by atoms with van der Waals surface area (Å²) in [5.74, 6) is 0.476. The van der Waals surface area contributed by atoms with E-state index in [2.05, 4.69) is 0 Å². The number of ketones is 1. The summed E-state index contributed by atoms with van der Waals surface area (Å²) in [6, 6.07) is 3.65. The molecule has 0 amide bonds. The number of hydrogen-bond acceptors (Lipinski definition) is 4. The van der Waals surface area contributed by atoms with E-state index >= 15 is 0 Å². The molecule has 0 saturated carbocycles. The fourth-order valence-electron chi connectivity index (χ4n) is 3.52. The first-order valence-corrected chi connectivity index (χ1v) is 7.78. The van der Waals surface area contributed by atoms with E-state index in [4.69, 9.17) is 4.74 Å². The molecule has 23 heavy (non-hydrogen) atoms. The highest BCUT2D eigenvalue weighted by Gasteiger charge is 2.54. The van der Waals surface area contributed by atoms with E-state index in [9.17, 15) is 15.0 Å². The number of fused-ring (bicyclic) bond motifs is 2. The summed E-state index contributed by atoms with van der Waals surface area (Å²) < 4.78 is 5.36. The number of rotatable bonds is 1. The van der Waals surface area contributed by atoms with Gasteiger partial charge in [0.15, 0.2) is 5.78 Å². The zero-order valence-corrected chi connectivity index (χ0v) is 13.9. The van der Waals surface area contributed by atoms with Gasteiger partial charge in [-0.05, 0) is 62.4 Å². The van der Waals surface area contributed by atoms with Crippen molar-refractivity contribution < 1.29 is 19.7 Å². The quantitative estimate of drug-likeness (QED) is 0.836. The van der Waals surface area contributed by atoms with Gasteiger partial charge in [0, 0.05) is 11.6 Å². The van der Waals surface area contributed by atoms with E-state index in [0.717, 1.165) is 16.7 Å². The van der Waals surface area contributed by atoms with Crippen LogP contribution in [0.1, 0.15) is 37.0 Å². The van der Waals surface area contributed by atoms with Crippen LogP contribution in [0, 0.1) is 12.3 Å². The number of aromatic hydroxyl groups is 1. The molecule has 1 aromatic rings. The first kappa shape index (κ1) is 15.8. The van der Waals surface area contributed by atoms with Gasteiger partial charge in [-0.25, -0.2) is 0 Å². The molecule has 122 valence electrons. The van der Waals surface area contributed by atoms with Crippen molar-refractivity contribution in [2.75, 3.05) is 7.11 Å². The molecule has 0 aromatic heterocycles. The molecule has 2 aliphatic rings. The number of phenolic OH excluding ortho intramolecular Hbond substituents is 1. The van der Waals surface area contributed by atoms with Crippen molar-refractivity contribution in [1.82, 2.24) is 0 Å². The predicted octanol–water partition coefficient (Wildman–Crippen LogP) is 2.90. The van der Waals surface area contributed by atoms with Gasteiger partial charge >= 0.3 is 0 Å². The fraction of sp³-hybridized carbons (Fsp3) is 0.421. The maximum atomic E-state index is 12.5. The fourth-order valence-corrected chi connectivity index (χ4v) is 3.52. The van der Waals surface area contributed by atoms with E-state index in [1.54, 1.807) is 19.9 Å². The average molecular weight is 314 g/mol. The van der Waals surface area contributed by atoms with E-state index in [1.807, 2.05) is 19.1 Å². The number of benzene rings is 1. The zero-order chi connectivity index (χ0) is 17.0. The average Bonchev–Trinajstić information content (AvgIpc) is 2.63. The number of carbonyl (C=O) groups is 1. The topological polar surface area (TPSA) is 66.8 Å². The van der Waals surface area contributed by atoms with Crippen molar-refractivity contribution in [2.45, 2.75) is 39.2 Å². The number of aliphatic hydroxyl groups is 1. The van der Waals surface area contributed by atoms with Crippen LogP contribution in [-0.2, 0) is 16.0 Å². The molecule has 2 N–H and O–H groups in total. The molecule has 1 aromatic carbocycles. The third-order valence-corrected chi connectivity index (χ3v) is 5.36. The van der Waals surface area contributed by atoms with Gasteiger partial charge in [0.2, 0.25) is 0 Å². The van der Waals surface area contributed by atoms with Gasteiger partial charge in [-0.3, -0.25) is 4.79 Å². The van der Waals surface area contributed by atoms with Crippen LogP contribution in [0.25, 0.3) is 6.08 Å². The second-order valence-corrected chi connectivity index (χ2v) is 6.96. The van der Waals surface area contributed by atoms with Crippen LogP contribution in [0.5, 0.6) is 5.75 Å². The highest BCUT2D eigenvalue weighted by atomic mass is 16.5. The van der Waals surface area contributed by atoms with Gasteiger partial charge < -0.3 is 14.9 Å². The lowest BCUT2D eigenvalue weighted by molar-refractivity contribution is -0.137. The standard InChI is InChI=1S/C19H22O4/c1-11-7-12-5-6-19(22)14(8-13(12)9-15(11)20)16(23-4)10-17(21)18(19,2)3/h7-10,20,22H,5-6H2,1-4H3. The van der Waals surface area contributed by atoms with Gasteiger partial charge in [-0.2, -0.15) is 0 Å². The molecule has 4 nitrogen and oxygen atoms in total. The molecule has 3 rings (SSSR count). The third-order valence-electron chi connectivity index (χ3n) is 5.36. The zero-order valence-electron chi connectivity index (χ0n) is 13.9. The van der Waals surface area contributed by atoms with Crippen molar-refractivity contribution in [3.63, 3.8) is 0 Å². The summed E-state index contributed by atoms with van der Waals surface area (Å²) in [5.41, 5.74) is 1.08. The Morgan fingerprint density at radius 1 is 1.22 bits per heavy atom. The van der Waals surface area contributed by atoms with Crippen molar-refractivity contribution >= 4 is 11.9 Å². The number of ether oxygens (including phenoxy) is 1. The Morgan fingerprint density at radius 3 is 2.57 bits per heavy atom. The Kier molecular flexibility index (Phi) is 3.41. The Morgan fingerprint density at radius 2 is 1.91 bits per heavy atom. The van der Waals surface area contributed by atoms with Crippen LogP contribution in [-0.4, -0.2) is 28.7 Å². The SMILES string of the molecule is COC1=CC(=O)C(C)(C)C2(O)CCc3cc(C)c(O)cc3C=C12. The second-order valence-electron chi connectivity index (χ2n) is 6.96. The maximum absolute atomic E-state index is 12.5. The number of aryl methyl sites for hydroxylation is 2. The minimum absolute atomic E-state index is 0.140. The van der Waals surface area contributed by atoms with Crippen LogP contribution >= 0.6 is 0 Å². The van der Waals surface area contributed by atoms with Crippen molar-refractivity contribution in [3.8, 4) is 5.75 Å². The smallest absolute Gasteiger partial charge is 0.168 e. The minimum atomic E-state index is -1.30. The molecule has 0 radical (unpaired) electrons. The molecule has 0 fully saturated rings. The van der Waals surface area contributed by atoms with Gasteiger partial charge in [-0.1, -0.05) is 6.07 Å². The molecule has 0 aliphatic heterocycles. The van der Waals surface area contributed by atoms with Crippen LogP contribution in [0.3, 0.4) is 0 Å². The summed E-state index contributed by atoms with van der Waals surface area (Å²) in [7, 11) is 1.50. The molecule has 1 atom stereocenters. The summed E-state index contributed by atoms with van der Waals surface area (Å²) in [5, 5.41) is 21.4. The Labute approximate surface area is 136 Å². The highest BCUT2D eigenvalue weighted by molar-refractivity contribution is 5.99. The summed E-state index contributed by atoms with van der Waals surface area (Å²) in [4.78, 5) is 12.5. The van der Waals surface area contributed by atoms with Crippen LogP contribution in [0.4, 0.5) is 0 Å². The molecule has 0 heterocycles. The summed E-state index contributed by atoms with van der Waals surface area (Å²) in [6.07, 6.45) is 4.35. The highest BCUT2D eigenvalue weighted by Crippen LogP contribution is 2.49. The molecule has 0 saturated heterocycles. The van der Waals surface area contributed by atoms with Gasteiger partial charge in [0.05, 0.1) is 12.5 Å². The van der Waals surface area contributed by atoms with Crippen LogP contribution in [0.2, 0.25) is 0 Å². The molecule has 1 unspecified atom stereocenters. The number of phenols is 1. The van der Waals surface area contributed by atoms with Gasteiger partial charge in [0.25, 0.3) is 0 Å². The lowest BCUT2D eigenvalue weighted by Gasteiger charge is -2.45. The molecule has 4 heteroatoms. The minimum Gasteiger partial charge on any atom is -0.508 e. The van der Waals surface area contributed by atoms with E-state index in [-0.39, 0.29) is 11.5 Å². The Balaban J connectivity index is 2.27. The number of hydrogen-bond donors (Lipinski definition) is 2. The van der Waals surface area contributed by atoms with Gasteiger partial charge in [0.1, 0.15) is 17.1 Å². The Hall–Kier alpha value is -2.07. The van der Waals surface area contributed by atoms with Crippen molar-refractivity contribution in [3.05, 3.63) is 46.2 Å². The van der Waals surface area contributed by atoms with E-state index in [1.165, 1.54) is 13.2 Å². The summed E-state index contributed by atoms with van der Waals surface area (Å²) >= 11 is 0. The molecule has 0 bridgehead atoms. The van der Waals surface area contributed by atoms with Gasteiger partial charge in [-0.15, -0.1) is 0 Å². The summed E-state index contributed by atoms with van der Waals surface area (Å²) in [6.45, 7) is 5.39. The van der Waals surface area contributed by atoms with Crippen LogP contribution in [0.15, 0.2) is 29.5 Å². The second kappa shape index (κ2) is 4.96. The maximum Gasteiger partial charge on any atom is 0.168 e. The lowest BCUT2D eigenvalue weighted by Crippen LogP contribution is -2.53. The number of allylic oxidation sites excluding steroid dienone is 1. The number of carbonyl (C=O) groups excluding carboxylic acids is 1. The van der Waals surface area contributed by atoms with Crippen molar-refractivity contribution in [2.24, 2.45) is 5.41 Å². The number of methoxy groups -OCH3 is 1. The molecular weight excluding hydrogens is 292 g/mol. The van der Waals surface area contributed by atoms with E-state index in [0.29, 0.717) is 24.2 Å². The Bertz CT molecular complexity index is 755. The first-order chi connectivity index (χ1) is 10.7. The molecule has 2 aliphatic carbocycles. The first-order valence-electron chi connectivity index (χ1n) is 7.78. The predicted molar refractivity (Wildman–Crippen MR) is 88.0 cm³/mol. The van der Waals surface area contributed by atoms with E-state index < -0.39 is 11.0 Å². The largest absolute Gasteiger partial charge is 0.508 e.